The molecule has 1 amide bonds. The zero-order valence-electron chi connectivity index (χ0n) is 9.40. The van der Waals surface area contributed by atoms with Crippen LogP contribution >= 0.6 is 0 Å². The number of amides is 1. The molecule has 0 saturated carbocycles. The van der Waals surface area contributed by atoms with E-state index in [9.17, 15) is 4.79 Å². The van der Waals surface area contributed by atoms with E-state index in [0.717, 1.165) is 0 Å². The highest BCUT2D eigenvalue weighted by Crippen LogP contribution is 2.11. The molecule has 0 aromatic carbocycles. The van der Waals surface area contributed by atoms with Gasteiger partial charge in [-0.05, 0) is 13.3 Å². The van der Waals surface area contributed by atoms with Gasteiger partial charge in [-0.25, -0.2) is 0 Å². The van der Waals surface area contributed by atoms with Crippen molar-refractivity contribution < 1.29 is 14.1 Å². The van der Waals surface area contributed by atoms with Gasteiger partial charge in [-0.1, -0.05) is 5.16 Å². The fraction of sp³-hybridized carbons (Fsp3) is 0.667. The molecule has 7 heteroatoms. The van der Waals surface area contributed by atoms with E-state index in [1.807, 2.05) is 6.92 Å². The van der Waals surface area contributed by atoms with Crippen LogP contribution in [0.15, 0.2) is 4.52 Å². The van der Waals surface area contributed by atoms with Crippen molar-refractivity contribution in [3.8, 4) is 0 Å². The summed E-state index contributed by atoms with van der Waals surface area (Å²) in [6, 6.07) is -0.407. The molecule has 1 aromatic rings. The van der Waals surface area contributed by atoms with Crippen LogP contribution in [0.5, 0.6) is 0 Å². The van der Waals surface area contributed by atoms with Crippen LogP contribution in [0.4, 0.5) is 0 Å². The number of nitrogens with zero attached hydrogens (tertiary/aromatic N) is 2. The summed E-state index contributed by atoms with van der Waals surface area (Å²) < 4.78 is 9.77. The maximum absolute atomic E-state index is 11.3. The van der Waals surface area contributed by atoms with Crippen LogP contribution in [0, 0.1) is 0 Å². The smallest absolute Gasteiger partial charge is 0.292 e. The average molecular weight is 228 g/mol. The highest BCUT2D eigenvalue weighted by molar-refractivity contribution is 5.90. The minimum Gasteiger partial charge on any atom is -0.385 e. The Morgan fingerprint density at radius 1 is 1.69 bits per heavy atom. The van der Waals surface area contributed by atoms with E-state index >= 15 is 0 Å². The molecule has 1 atom stereocenters. The van der Waals surface area contributed by atoms with Crippen molar-refractivity contribution in [3.63, 3.8) is 0 Å². The molecule has 16 heavy (non-hydrogen) atoms. The first-order chi connectivity index (χ1) is 7.69. The van der Waals surface area contributed by atoms with Gasteiger partial charge >= 0.3 is 0 Å². The van der Waals surface area contributed by atoms with Crippen molar-refractivity contribution in [2.75, 3.05) is 20.3 Å². The lowest BCUT2D eigenvalue weighted by Crippen LogP contribution is -2.24. The van der Waals surface area contributed by atoms with Gasteiger partial charge in [0.05, 0.1) is 6.04 Å². The van der Waals surface area contributed by atoms with Crippen LogP contribution in [0.2, 0.25) is 0 Å². The molecule has 0 spiro atoms. The number of methoxy groups -OCH3 is 1. The van der Waals surface area contributed by atoms with Crippen LogP contribution < -0.4 is 11.1 Å². The maximum Gasteiger partial charge on any atom is 0.292 e. The highest BCUT2D eigenvalue weighted by atomic mass is 16.5. The summed E-state index contributed by atoms with van der Waals surface area (Å²) in [4.78, 5) is 15.2. The third-order valence-corrected chi connectivity index (χ3v) is 1.93. The molecule has 1 aromatic heterocycles. The van der Waals surface area contributed by atoms with Crippen molar-refractivity contribution in [1.82, 2.24) is 15.5 Å². The molecule has 90 valence electrons. The number of ether oxygens (including phenoxy) is 1. The summed E-state index contributed by atoms with van der Waals surface area (Å²) in [7, 11) is 1.58. The Hall–Kier alpha value is -1.47. The third kappa shape index (κ3) is 3.28. The summed E-state index contributed by atoms with van der Waals surface area (Å²) in [5, 5.41) is 6.11. The van der Waals surface area contributed by atoms with Gasteiger partial charge in [0.15, 0.2) is 0 Å². The largest absolute Gasteiger partial charge is 0.385 e. The molecule has 0 aliphatic heterocycles. The summed E-state index contributed by atoms with van der Waals surface area (Å²) in [5.41, 5.74) is 5.76. The fourth-order valence-electron chi connectivity index (χ4n) is 1.09. The zero-order valence-corrected chi connectivity index (χ0v) is 9.40. The van der Waals surface area contributed by atoms with E-state index < -0.39 is 6.04 Å². The molecule has 1 heterocycles. The highest BCUT2D eigenvalue weighted by Gasteiger charge is 2.18. The lowest BCUT2D eigenvalue weighted by atomic mass is 10.2. The zero-order chi connectivity index (χ0) is 12.0. The van der Waals surface area contributed by atoms with Crippen LogP contribution in [-0.4, -0.2) is 36.3 Å². The van der Waals surface area contributed by atoms with Gasteiger partial charge in [0.1, 0.15) is 0 Å². The molecule has 0 radical (unpaired) electrons. The second kappa shape index (κ2) is 6.19. The maximum atomic E-state index is 11.3. The monoisotopic (exact) mass is 228 g/mol. The number of carbonyl (C=O) groups is 1. The van der Waals surface area contributed by atoms with E-state index in [1.54, 1.807) is 7.11 Å². The Morgan fingerprint density at radius 2 is 2.44 bits per heavy atom. The van der Waals surface area contributed by atoms with Gasteiger partial charge in [-0.15, -0.1) is 0 Å². The Morgan fingerprint density at radius 3 is 3.06 bits per heavy atom. The Kier molecular flexibility index (Phi) is 4.87. The fourth-order valence-corrected chi connectivity index (χ4v) is 1.09. The number of hydrogen-bond donors (Lipinski definition) is 2. The van der Waals surface area contributed by atoms with E-state index in [1.165, 1.54) is 0 Å². The number of carbonyl (C=O) groups excluding carboxylic acids is 1. The van der Waals surface area contributed by atoms with Crippen molar-refractivity contribution in [2.45, 2.75) is 19.4 Å². The van der Waals surface area contributed by atoms with Crippen molar-refractivity contribution in [1.29, 1.82) is 0 Å². The average Bonchev–Trinajstić information content (AvgIpc) is 2.75. The van der Waals surface area contributed by atoms with Gasteiger partial charge in [-0.3, -0.25) is 4.79 Å². The number of nitrogens with one attached hydrogen (secondary N) is 1. The van der Waals surface area contributed by atoms with Gasteiger partial charge in [-0.2, -0.15) is 4.98 Å². The van der Waals surface area contributed by atoms with Crippen LogP contribution in [0.3, 0.4) is 0 Å². The van der Waals surface area contributed by atoms with Crippen LogP contribution in [0.25, 0.3) is 0 Å². The summed E-state index contributed by atoms with van der Waals surface area (Å²) in [6.45, 7) is 2.82. The number of hydrogen-bond acceptors (Lipinski definition) is 6. The topological polar surface area (TPSA) is 103 Å². The number of aromatic nitrogens is 2. The summed E-state index contributed by atoms with van der Waals surface area (Å²) in [6.07, 6.45) is 0.563. The quantitative estimate of drug-likeness (QED) is 0.702. The van der Waals surface area contributed by atoms with E-state index in [4.69, 9.17) is 15.0 Å². The molecule has 0 aliphatic carbocycles. The number of nitrogens with two attached hydrogens (primary N) is 1. The lowest BCUT2D eigenvalue weighted by Gasteiger charge is -2.04. The minimum absolute atomic E-state index is 0.00437. The first kappa shape index (κ1) is 12.6. The molecule has 1 unspecified atom stereocenters. The summed E-state index contributed by atoms with van der Waals surface area (Å²) >= 11 is 0. The normalized spacial score (nSPS) is 12.4. The van der Waals surface area contributed by atoms with Crippen molar-refractivity contribution >= 4 is 5.91 Å². The van der Waals surface area contributed by atoms with E-state index in [2.05, 4.69) is 15.5 Å². The Labute approximate surface area is 93.3 Å². The molecule has 0 fully saturated rings. The Balaban J connectivity index is 2.59. The van der Waals surface area contributed by atoms with E-state index in [-0.39, 0.29) is 17.6 Å². The molecule has 0 bridgehead atoms. The van der Waals surface area contributed by atoms with Crippen molar-refractivity contribution in [2.24, 2.45) is 5.73 Å². The van der Waals surface area contributed by atoms with Gasteiger partial charge in [0, 0.05) is 20.3 Å². The van der Waals surface area contributed by atoms with Crippen LogP contribution in [-0.2, 0) is 4.74 Å². The molecule has 0 aliphatic rings. The first-order valence-corrected chi connectivity index (χ1v) is 5.05. The van der Waals surface area contributed by atoms with Gasteiger partial charge in [0.25, 0.3) is 11.7 Å². The second-order valence-corrected chi connectivity index (χ2v) is 3.20. The summed E-state index contributed by atoms with van der Waals surface area (Å²) in [5.74, 6) is -0.112. The predicted octanol–water partition coefficient (Wildman–Crippen LogP) is -0.144. The predicted molar refractivity (Wildman–Crippen MR) is 55.7 cm³/mol. The SMILES string of the molecule is CCNC(=O)c1noc(C(N)CCOC)n1. The standard InChI is InChI=1S/C9H16N4O3/c1-3-11-8(14)7-12-9(16-13-7)6(10)4-5-15-2/h6H,3-5,10H2,1-2H3,(H,11,14). The molecule has 3 N–H and O–H groups in total. The second-order valence-electron chi connectivity index (χ2n) is 3.20. The third-order valence-electron chi connectivity index (χ3n) is 1.93. The molecule has 7 nitrogen and oxygen atoms in total. The van der Waals surface area contributed by atoms with Gasteiger partial charge in [0.2, 0.25) is 5.89 Å². The minimum atomic E-state index is -0.407. The van der Waals surface area contributed by atoms with Gasteiger partial charge < -0.3 is 20.3 Å². The lowest BCUT2D eigenvalue weighted by molar-refractivity contribution is 0.0942. The van der Waals surface area contributed by atoms with Crippen LogP contribution in [0.1, 0.15) is 35.9 Å². The van der Waals surface area contributed by atoms with Crippen molar-refractivity contribution in [3.05, 3.63) is 11.7 Å². The molecular formula is C9H16N4O3. The number of rotatable bonds is 6. The molecule has 1 rings (SSSR count). The Bertz CT molecular complexity index is 339. The van der Waals surface area contributed by atoms with E-state index in [0.29, 0.717) is 19.6 Å². The molecular weight excluding hydrogens is 212 g/mol. The molecule has 0 saturated heterocycles. The first-order valence-electron chi connectivity index (χ1n) is 5.05.